The second-order valence-corrected chi connectivity index (χ2v) is 8.28. The molecule has 0 bridgehead atoms. The first-order chi connectivity index (χ1) is 10.1. The van der Waals surface area contributed by atoms with Crippen LogP contribution in [0.15, 0.2) is 41.5 Å². The van der Waals surface area contributed by atoms with Crippen molar-refractivity contribution in [3.05, 3.63) is 52.6 Å². The summed E-state index contributed by atoms with van der Waals surface area (Å²) in [6.07, 6.45) is 6.04. The zero-order chi connectivity index (χ0) is 15.2. The molecule has 0 radical (unpaired) electrons. The molecule has 1 unspecified atom stereocenters. The Balaban J connectivity index is 0.00000242. The fraction of sp³-hybridized carbons (Fsp3) is 0.474. The van der Waals surface area contributed by atoms with Crippen LogP contribution < -0.4 is 3.80 Å². The Bertz CT molecular complexity index is 552. The molecule has 1 aromatic rings. The molecule has 0 heterocycles. The molecule has 0 saturated heterocycles. The van der Waals surface area contributed by atoms with Crippen LogP contribution in [-0.2, 0) is 19.4 Å². The van der Waals surface area contributed by atoms with Gasteiger partial charge in [0.25, 0.3) is 0 Å². The van der Waals surface area contributed by atoms with E-state index in [-0.39, 0.29) is 44.2 Å². The summed E-state index contributed by atoms with van der Waals surface area (Å²) in [6, 6.07) is 9.02. The summed E-state index contributed by atoms with van der Waals surface area (Å²) in [7, 11) is 0. The summed E-state index contributed by atoms with van der Waals surface area (Å²) in [4.78, 5) is 0. The van der Waals surface area contributed by atoms with Crippen molar-refractivity contribution in [3.8, 4) is 0 Å². The SMILES string of the molecule is CCCC[NH][Ti][CH](C)c1ccccc1C1=C(C)C(C)=CC1.Cl.Cl. The van der Waals surface area contributed by atoms with Crippen LogP contribution in [0.3, 0.4) is 0 Å². The maximum absolute atomic E-state index is 3.72. The number of hydrogen-bond acceptors (Lipinski definition) is 1. The molecule has 1 aliphatic carbocycles. The molecular weight excluding hydrogens is 361 g/mol. The molecule has 0 aliphatic heterocycles. The summed E-state index contributed by atoms with van der Waals surface area (Å²) in [5.41, 5.74) is 7.49. The quantitative estimate of drug-likeness (QED) is 0.438. The third-order valence-electron chi connectivity index (χ3n) is 4.38. The molecule has 4 heteroatoms. The van der Waals surface area contributed by atoms with E-state index < -0.39 is 0 Å². The normalized spacial score (nSPS) is 14.7. The topological polar surface area (TPSA) is 12.0 Å². The van der Waals surface area contributed by atoms with Gasteiger partial charge in [-0.05, 0) is 0 Å². The third-order valence-corrected chi connectivity index (χ3v) is 6.25. The van der Waals surface area contributed by atoms with E-state index >= 15 is 0 Å². The molecule has 1 N–H and O–H groups in total. The minimum atomic E-state index is -0.119. The molecule has 1 aliphatic rings. The van der Waals surface area contributed by atoms with Crippen molar-refractivity contribution >= 4 is 30.4 Å². The number of benzene rings is 1. The number of rotatable bonds is 7. The van der Waals surface area contributed by atoms with Gasteiger partial charge < -0.3 is 0 Å². The van der Waals surface area contributed by atoms with Gasteiger partial charge in [0.15, 0.2) is 0 Å². The van der Waals surface area contributed by atoms with Gasteiger partial charge in [0, 0.05) is 0 Å². The number of unbranched alkanes of at least 4 members (excludes halogenated alkanes) is 1. The van der Waals surface area contributed by atoms with Gasteiger partial charge in [-0.15, -0.1) is 24.8 Å². The average Bonchev–Trinajstić information content (AvgIpc) is 2.83. The van der Waals surface area contributed by atoms with E-state index in [1.54, 1.807) is 5.56 Å². The maximum Gasteiger partial charge on any atom is -0.147 e. The number of halogens is 2. The Hall–Kier alpha value is -0.0457. The van der Waals surface area contributed by atoms with Crippen LogP contribution in [-0.4, -0.2) is 6.54 Å². The minimum absolute atomic E-state index is 0. The summed E-state index contributed by atoms with van der Waals surface area (Å²) < 4.78 is 4.40. The van der Waals surface area contributed by atoms with Crippen molar-refractivity contribution in [2.45, 2.75) is 51.2 Å². The van der Waals surface area contributed by atoms with Crippen molar-refractivity contribution in [1.29, 1.82) is 0 Å². The van der Waals surface area contributed by atoms with E-state index in [0.29, 0.717) is 4.22 Å². The molecule has 0 spiro atoms. The van der Waals surface area contributed by atoms with Crippen LogP contribution in [0.25, 0.3) is 5.57 Å². The van der Waals surface area contributed by atoms with E-state index in [9.17, 15) is 0 Å². The molecular formula is C19H29Cl2NTi. The van der Waals surface area contributed by atoms with Crippen molar-refractivity contribution < 1.29 is 19.4 Å². The predicted molar refractivity (Wildman–Crippen MR) is 103 cm³/mol. The molecule has 23 heavy (non-hydrogen) atoms. The van der Waals surface area contributed by atoms with E-state index in [1.807, 2.05) is 0 Å². The smallest absolute Gasteiger partial charge is 0.147 e. The van der Waals surface area contributed by atoms with E-state index in [0.717, 1.165) is 6.42 Å². The van der Waals surface area contributed by atoms with Crippen molar-refractivity contribution in [1.82, 2.24) is 3.80 Å². The van der Waals surface area contributed by atoms with Crippen LogP contribution in [0.5, 0.6) is 0 Å². The van der Waals surface area contributed by atoms with Crippen molar-refractivity contribution in [2.75, 3.05) is 6.54 Å². The second-order valence-electron chi connectivity index (χ2n) is 5.93. The van der Waals surface area contributed by atoms with Crippen LogP contribution in [0.4, 0.5) is 0 Å². The first-order valence-electron chi connectivity index (χ1n) is 8.09. The Morgan fingerprint density at radius 3 is 2.48 bits per heavy atom. The van der Waals surface area contributed by atoms with Gasteiger partial charge in [-0.3, -0.25) is 0 Å². The number of allylic oxidation sites excluding steroid dienone is 4. The van der Waals surface area contributed by atoms with Crippen LogP contribution >= 0.6 is 24.8 Å². The fourth-order valence-corrected chi connectivity index (χ4v) is 4.44. The monoisotopic (exact) mass is 389 g/mol. The third kappa shape index (κ3) is 6.07. The van der Waals surface area contributed by atoms with Crippen LogP contribution in [0, 0.1) is 0 Å². The average molecular weight is 390 g/mol. The number of nitrogens with one attached hydrogen (secondary N) is 1. The zero-order valence-electron chi connectivity index (χ0n) is 14.6. The predicted octanol–water partition coefficient (Wildman–Crippen LogP) is 6.10. The minimum Gasteiger partial charge on any atom is -0.147 e. The summed E-state index contributed by atoms with van der Waals surface area (Å²) in [5.74, 6) is 0. The van der Waals surface area contributed by atoms with Crippen LogP contribution in [0.1, 0.15) is 62.3 Å². The van der Waals surface area contributed by atoms with Gasteiger partial charge in [0.1, 0.15) is 0 Å². The molecule has 0 fully saturated rings. The van der Waals surface area contributed by atoms with Gasteiger partial charge in [-0.25, -0.2) is 0 Å². The molecule has 0 aromatic heterocycles. The first-order valence-corrected chi connectivity index (χ1v) is 9.78. The summed E-state index contributed by atoms with van der Waals surface area (Å²) in [5, 5.41) is 0. The zero-order valence-corrected chi connectivity index (χ0v) is 17.8. The van der Waals surface area contributed by atoms with E-state index in [1.165, 1.54) is 41.7 Å². The second kappa shape index (κ2) is 11.5. The standard InChI is InChI=1S/C15H17.C4H10N.2ClH.Ti/c1-4-13-7-5-6-8-15(13)14-10-9-11(2)12(14)3;1-2-3-4-5;;;/h4-9H,10H2,1-3H3;5H,2-4H2,1H3;2*1H;/q;-1;;;+1. The van der Waals surface area contributed by atoms with E-state index in [2.05, 4.69) is 61.8 Å². The molecule has 1 atom stereocenters. The molecule has 0 saturated carbocycles. The van der Waals surface area contributed by atoms with E-state index in [4.69, 9.17) is 0 Å². The molecule has 2 rings (SSSR count). The van der Waals surface area contributed by atoms with Gasteiger partial charge in [0.2, 0.25) is 0 Å². The molecule has 0 amide bonds. The Morgan fingerprint density at radius 1 is 1.17 bits per heavy atom. The number of hydrogen-bond donors (Lipinski definition) is 1. The molecule has 1 aromatic carbocycles. The van der Waals surface area contributed by atoms with Gasteiger partial charge in [0.05, 0.1) is 0 Å². The van der Waals surface area contributed by atoms with Gasteiger partial charge in [-0.2, -0.15) is 0 Å². The van der Waals surface area contributed by atoms with Crippen molar-refractivity contribution in [3.63, 3.8) is 0 Å². The Labute approximate surface area is 163 Å². The summed E-state index contributed by atoms with van der Waals surface area (Å²) >= 11 is -0.119. The largest absolute Gasteiger partial charge is 0.147 e. The van der Waals surface area contributed by atoms with Crippen LogP contribution in [0.2, 0.25) is 0 Å². The molecule has 128 valence electrons. The van der Waals surface area contributed by atoms with Gasteiger partial charge in [-0.1, -0.05) is 0 Å². The Kier molecular flexibility index (Phi) is 11.5. The van der Waals surface area contributed by atoms with Crippen molar-refractivity contribution in [2.24, 2.45) is 0 Å². The molecule has 1 nitrogen and oxygen atoms in total. The fourth-order valence-electron chi connectivity index (χ4n) is 2.83. The Morgan fingerprint density at radius 2 is 1.87 bits per heavy atom. The summed E-state index contributed by atoms with van der Waals surface area (Å²) in [6.45, 7) is 10.3. The van der Waals surface area contributed by atoms with Gasteiger partial charge >= 0.3 is 139 Å². The first kappa shape index (κ1) is 23.0. The maximum atomic E-state index is 3.72.